The third-order valence-corrected chi connectivity index (χ3v) is 5.52. The quantitative estimate of drug-likeness (QED) is 0.482. The zero-order valence-corrected chi connectivity index (χ0v) is 17.9. The number of aryl methyl sites for hydroxylation is 1. The van der Waals surface area contributed by atoms with Crippen molar-refractivity contribution in [2.45, 2.75) is 6.92 Å². The summed E-state index contributed by atoms with van der Waals surface area (Å²) in [6.45, 7) is 3.95. The first-order chi connectivity index (χ1) is 16.0. The van der Waals surface area contributed by atoms with Gasteiger partial charge in [0.05, 0.1) is 18.9 Å². The molecule has 2 N–H and O–H groups in total. The van der Waals surface area contributed by atoms with E-state index in [1.807, 2.05) is 13.0 Å². The molecule has 0 bridgehead atoms. The van der Waals surface area contributed by atoms with Crippen LogP contribution >= 0.6 is 0 Å². The van der Waals surface area contributed by atoms with Gasteiger partial charge in [-0.3, -0.25) is 9.89 Å². The molecule has 3 heterocycles. The Morgan fingerprint density at radius 2 is 1.88 bits per heavy atom. The minimum Gasteiger partial charge on any atom is -0.378 e. The number of H-pyrrole nitrogens is 1. The van der Waals surface area contributed by atoms with Gasteiger partial charge in [-0.25, -0.2) is 13.8 Å². The Hall–Kier alpha value is -3.85. The van der Waals surface area contributed by atoms with E-state index in [9.17, 15) is 13.6 Å². The van der Waals surface area contributed by atoms with Crippen LogP contribution in [0, 0.1) is 18.6 Å². The molecule has 4 aromatic rings. The molecule has 0 radical (unpaired) electrons. The van der Waals surface area contributed by atoms with Crippen molar-refractivity contribution in [2.75, 3.05) is 31.6 Å². The summed E-state index contributed by atoms with van der Waals surface area (Å²) in [5.74, 6) is -0.511. The minimum absolute atomic E-state index is 0.0936. The second-order valence-electron chi connectivity index (χ2n) is 7.88. The van der Waals surface area contributed by atoms with Crippen LogP contribution in [0.2, 0.25) is 0 Å². The maximum Gasteiger partial charge on any atom is 0.254 e. The molecule has 0 unspecified atom stereocenters. The topological polar surface area (TPSA) is 83.1 Å². The van der Waals surface area contributed by atoms with E-state index >= 15 is 0 Å². The number of hydrogen-bond donors (Lipinski definition) is 2. The highest BCUT2D eigenvalue weighted by Crippen LogP contribution is 2.33. The van der Waals surface area contributed by atoms with Gasteiger partial charge in [0.2, 0.25) is 0 Å². The van der Waals surface area contributed by atoms with E-state index in [1.165, 1.54) is 12.1 Å². The summed E-state index contributed by atoms with van der Waals surface area (Å²) in [7, 11) is 0. The van der Waals surface area contributed by atoms with Crippen LogP contribution in [-0.2, 0) is 4.74 Å². The van der Waals surface area contributed by atoms with E-state index in [0.29, 0.717) is 60.0 Å². The number of hydrogen-bond acceptors (Lipinski definition) is 5. The average Bonchev–Trinajstić information content (AvgIpc) is 3.22. The molecular weight excluding hydrogens is 428 g/mol. The van der Waals surface area contributed by atoms with E-state index in [2.05, 4.69) is 20.5 Å². The van der Waals surface area contributed by atoms with E-state index in [-0.39, 0.29) is 11.5 Å². The Morgan fingerprint density at radius 3 is 2.61 bits per heavy atom. The van der Waals surface area contributed by atoms with Crippen molar-refractivity contribution in [3.05, 3.63) is 71.4 Å². The highest BCUT2D eigenvalue weighted by molar-refractivity contribution is 6.02. The lowest BCUT2D eigenvalue weighted by Gasteiger charge is -2.27. The lowest BCUT2D eigenvalue weighted by atomic mass is 10.0. The molecule has 1 aliphatic heterocycles. The summed E-state index contributed by atoms with van der Waals surface area (Å²) in [5, 5.41) is 11.4. The van der Waals surface area contributed by atoms with E-state index in [0.717, 1.165) is 11.8 Å². The molecule has 0 saturated carbocycles. The average molecular weight is 449 g/mol. The molecule has 0 atom stereocenters. The summed E-state index contributed by atoms with van der Waals surface area (Å²) < 4.78 is 33.5. The molecule has 2 aromatic heterocycles. The Labute approximate surface area is 188 Å². The number of halogens is 2. The van der Waals surface area contributed by atoms with Crippen LogP contribution < -0.4 is 5.32 Å². The molecule has 9 heteroatoms. The molecule has 5 rings (SSSR count). The minimum atomic E-state index is -0.718. The van der Waals surface area contributed by atoms with Crippen molar-refractivity contribution in [3.8, 4) is 11.3 Å². The van der Waals surface area contributed by atoms with Gasteiger partial charge in [-0.1, -0.05) is 6.07 Å². The number of morpholine rings is 1. The predicted octanol–water partition coefficient (Wildman–Crippen LogP) is 4.43. The number of carbonyl (C=O) groups is 1. The second kappa shape index (κ2) is 8.59. The van der Waals surface area contributed by atoms with Crippen molar-refractivity contribution in [1.29, 1.82) is 0 Å². The summed E-state index contributed by atoms with van der Waals surface area (Å²) in [6.07, 6.45) is 0. The summed E-state index contributed by atoms with van der Waals surface area (Å²) in [5.41, 5.74) is 1.88. The number of benzene rings is 2. The van der Waals surface area contributed by atoms with E-state index < -0.39 is 11.6 Å². The number of nitrogens with one attached hydrogen (secondary N) is 2. The van der Waals surface area contributed by atoms with Crippen LogP contribution in [0.3, 0.4) is 0 Å². The van der Waals surface area contributed by atoms with E-state index in [1.54, 1.807) is 29.2 Å². The fourth-order valence-corrected chi connectivity index (χ4v) is 3.90. The molecule has 7 nitrogen and oxygen atoms in total. The highest BCUT2D eigenvalue weighted by Gasteiger charge is 2.20. The van der Waals surface area contributed by atoms with Crippen LogP contribution in [0.15, 0.2) is 48.5 Å². The Bertz CT molecular complexity index is 1350. The van der Waals surface area contributed by atoms with Gasteiger partial charge in [-0.15, -0.1) is 0 Å². The van der Waals surface area contributed by atoms with Gasteiger partial charge in [0.25, 0.3) is 5.91 Å². The molecule has 0 spiro atoms. The number of amides is 1. The molecular formula is C24H21F2N5O2. The van der Waals surface area contributed by atoms with Crippen molar-refractivity contribution in [3.63, 3.8) is 0 Å². The van der Waals surface area contributed by atoms with Crippen molar-refractivity contribution in [1.82, 2.24) is 20.1 Å². The highest BCUT2D eigenvalue weighted by atomic mass is 19.1. The van der Waals surface area contributed by atoms with Gasteiger partial charge in [-0.2, -0.15) is 5.10 Å². The maximum atomic E-state index is 14.7. The Balaban J connectivity index is 1.62. The van der Waals surface area contributed by atoms with Gasteiger partial charge < -0.3 is 15.0 Å². The number of pyridine rings is 1. The molecule has 1 aliphatic rings. The maximum absolute atomic E-state index is 14.7. The number of aromatic nitrogens is 3. The normalized spacial score (nSPS) is 14.0. The van der Waals surface area contributed by atoms with Crippen LogP contribution in [-0.4, -0.2) is 52.3 Å². The summed E-state index contributed by atoms with van der Waals surface area (Å²) in [4.78, 5) is 19.3. The van der Waals surface area contributed by atoms with Crippen LogP contribution in [0.1, 0.15) is 16.1 Å². The van der Waals surface area contributed by atoms with Gasteiger partial charge in [-0.05, 0) is 42.6 Å². The van der Waals surface area contributed by atoms with Gasteiger partial charge in [0.1, 0.15) is 17.5 Å². The second-order valence-corrected chi connectivity index (χ2v) is 7.88. The van der Waals surface area contributed by atoms with Gasteiger partial charge in [0, 0.05) is 47.4 Å². The molecule has 1 fully saturated rings. The molecule has 2 aromatic carbocycles. The SMILES string of the molecule is Cc1cc(Nc2cc3cc(C(=O)N4CCOCC4)ccc3c(-c3ccc(F)cc3F)n2)n[nH]1. The fraction of sp³-hybridized carbons (Fsp3) is 0.208. The third kappa shape index (κ3) is 4.27. The lowest BCUT2D eigenvalue weighted by molar-refractivity contribution is 0.0303. The largest absolute Gasteiger partial charge is 0.378 e. The standard InChI is InChI=1S/C24H21F2N5O2/c1-14-10-22(30-29-14)27-21-12-16-11-15(24(32)31-6-8-33-9-7-31)2-4-18(16)23(28-21)19-5-3-17(25)13-20(19)26/h2-5,10-13H,6-9H2,1H3,(H2,27,28,29,30). The van der Waals surface area contributed by atoms with Gasteiger partial charge >= 0.3 is 0 Å². The number of fused-ring (bicyclic) bond motifs is 1. The Morgan fingerprint density at radius 1 is 1.06 bits per heavy atom. The summed E-state index contributed by atoms with van der Waals surface area (Å²) >= 11 is 0. The molecule has 1 amide bonds. The van der Waals surface area contributed by atoms with Crippen molar-refractivity contribution < 1.29 is 18.3 Å². The number of ether oxygens (including phenoxy) is 1. The zero-order valence-electron chi connectivity index (χ0n) is 17.9. The first kappa shape index (κ1) is 21.0. The van der Waals surface area contributed by atoms with Crippen LogP contribution in [0.5, 0.6) is 0 Å². The number of nitrogens with zero attached hydrogens (tertiary/aromatic N) is 3. The lowest BCUT2D eigenvalue weighted by Crippen LogP contribution is -2.40. The number of rotatable bonds is 4. The Kier molecular flexibility index (Phi) is 5.47. The first-order valence-electron chi connectivity index (χ1n) is 10.5. The van der Waals surface area contributed by atoms with Crippen LogP contribution in [0.25, 0.3) is 22.0 Å². The molecule has 0 aliphatic carbocycles. The summed E-state index contributed by atoms with van der Waals surface area (Å²) in [6, 6.07) is 12.2. The number of anilines is 2. The monoisotopic (exact) mass is 449 g/mol. The number of aromatic amines is 1. The molecule has 1 saturated heterocycles. The van der Waals surface area contributed by atoms with Crippen LogP contribution in [0.4, 0.5) is 20.4 Å². The zero-order chi connectivity index (χ0) is 22.9. The third-order valence-electron chi connectivity index (χ3n) is 5.52. The fourth-order valence-electron chi connectivity index (χ4n) is 3.90. The number of carbonyl (C=O) groups excluding carboxylic acids is 1. The van der Waals surface area contributed by atoms with E-state index in [4.69, 9.17) is 4.74 Å². The van der Waals surface area contributed by atoms with Gasteiger partial charge in [0.15, 0.2) is 5.82 Å². The molecule has 168 valence electrons. The first-order valence-corrected chi connectivity index (χ1v) is 10.5. The predicted molar refractivity (Wildman–Crippen MR) is 120 cm³/mol. The van der Waals surface area contributed by atoms with Crippen molar-refractivity contribution >= 4 is 28.3 Å². The van der Waals surface area contributed by atoms with Crippen molar-refractivity contribution in [2.24, 2.45) is 0 Å². The molecule has 33 heavy (non-hydrogen) atoms. The smallest absolute Gasteiger partial charge is 0.254 e.